The molecule has 0 saturated heterocycles. The van der Waals surface area contributed by atoms with Crippen molar-refractivity contribution in [1.29, 1.82) is 0 Å². The quantitative estimate of drug-likeness (QED) is 0.879. The van der Waals surface area contributed by atoms with Gasteiger partial charge in [-0.15, -0.1) is 0 Å². The van der Waals surface area contributed by atoms with Crippen LogP contribution in [0.3, 0.4) is 0 Å². The maximum Gasteiger partial charge on any atom is 0.159 e. The smallest absolute Gasteiger partial charge is 0.159 e. The van der Waals surface area contributed by atoms with Crippen molar-refractivity contribution in [3.63, 3.8) is 0 Å². The summed E-state index contributed by atoms with van der Waals surface area (Å²) in [5.41, 5.74) is 5.85. The minimum absolute atomic E-state index is 0.816. The molecule has 18 heavy (non-hydrogen) atoms. The molecular formula is C14H14BrN3. The van der Waals surface area contributed by atoms with Gasteiger partial charge in [0.25, 0.3) is 0 Å². The van der Waals surface area contributed by atoms with Gasteiger partial charge in [-0.25, -0.2) is 9.97 Å². The predicted octanol–water partition coefficient (Wildman–Crippen LogP) is 3.13. The summed E-state index contributed by atoms with van der Waals surface area (Å²) >= 11 is 3.58. The third kappa shape index (κ3) is 1.95. The van der Waals surface area contributed by atoms with Crippen molar-refractivity contribution in [3.8, 4) is 11.4 Å². The normalized spacial score (nSPS) is 13.7. The lowest BCUT2D eigenvalue weighted by atomic mass is 10.1. The first-order valence-electron chi connectivity index (χ1n) is 5.98. The lowest BCUT2D eigenvalue weighted by Crippen LogP contribution is -2.00. The first-order chi connectivity index (χ1) is 8.65. The number of hydrogen-bond acceptors (Lipinski definition) is 3. The zero-order chi connectivity index (χ0) is 12.7. The molecule has 1 aliphatic rings. The molecule has 0 bridgehead atoms. The van der Waals surface area contributed by atoms with Crippen molar-refractivity contribution in [2.75, 3.05) is 0 Å². The molecule has 2 aromatic rings. The summed E-state index contributed by atoms with van der Waals surface area (Å²) in [6, 6.07) is 4.25. The summed E-state index contributed by atoms with van der Waals surface area (Å²) in [5, 5.41) is 3.29. The van der Waals surface area contributed by atoms with E-state index < -0.39 is 0 Å². The van der Waals surface area contributed by atoms with Gasteiger partial charge >= 0.3 is 0 Å². The molecule has 3 rings (SSSR count). The zero-order valence-electron chi connectivity index (χ0n) is 10.4. The second kappa shape index (κ2) is 4.44. The number of nitrogens with one attached hydrogen (secondary N) is 1. The fourth-order valence-corrected chi connectivity index (χ4v) is 2.50. The van der Waals surface area contributed by atoms with Gasteiger partial charge in [0.1, 0.15) is 0 Å². The van der Waals surface area contributed by atoms with Crippen molar-refractivity contribution in [1.82, 2.24) is 15.3 Å². The van der Waals surface area contributed by atoms with Crippen LogP contribution in [0, 0.1) is 13.8 Å². The number of aryl methyl sites for hydroxylation is 2. The molecule has 1 aliphatic heterocycles. The Balaban J connectivity index is 2.10. The highest BCUT2D eigenvalue weighted by Crippen LogP contribution is 2.27. The van der Waals surface area contributed by atoms with Crippen molar-refractivity contribution in [2.24, 2.45) is 0 Å². The lowest BCUT2D eigenvalue weighted by Gasteiger charge is -2.08. The number of rotatable bonds is 1. The van der Waals surface area contributed by atoms with Crippen LogP contribution in [-0.2, 0) is 13.1 Å². The van der Waals surface area contributed by atoms with Crippen molar-refractivity contribution in [2.45, 2.75) is 26.9 Å². The van der Waals surface area contributed by atoms with Gasteiger partial charge in [0.15, 0.2) is 5.82 Å². The molecule has 0 saturated carbocycles. The Kier molecular flexibility index (Phi) is 2.92. The molecule has 1 aromatic carbocycles. The summed E-state index contributed by atoms with van der Waals surface area (Å²) in [6.07, 6.45) is 1.93. The number of hydrogen-bond donors (Lipinski definition) is 1. The van der Waals surface area contributed by atoms with E-state index in [2.05, 4.69) is 57.2 Å². The van der Waals surface area contributed by atoms with Gasteiger partial charge in [0.05, 0.1) is 5.69 Å². The number of benzene rings is 1. The SMILES string of the molecule is Cc1cc(-c2ncc3c(n2)CNC3)cc(C)c1Br. The second-order valence-electron chi connectivity index (χ2n) is 4.69. The molecular weight excluding hydrogens is 290 g/mol. The van der Waals surface area contributed by atoms with Gasteiger partial charge in [-0.3, -0.25) is 0 Å². The van der Waals surface area contributed by atoms with Crippen LogP contribution in [0.1, 0.15) is 22.4 Å². The highest BCUT2D eigenvalue weighted by Gasteiger charge is 2.14. The van der Waals surface area contributed by atoms with Crippen LogP contribution in [-0.4, -0.2) is 9.97 Å². The molecule has 0 unspecified atom stereocenters. The van der Waals surface area contributed by atoms with Crippen LogP contribution in [0.15, 0.2) is 22.8 Å². The number of nitrogens with zero attached hydrogens (tertiary/aromatic N) is 2. The average molecular weight is 304 g/mol. The Labute approximate surface area is 115 Å². The molecule has 4 heteroatoms. The Morgan fingerprint density at radius 1 is 1.17 bits per heavy atom. The Morgan fingerprint density at radius 3 is 2.61 bits per heavy atom. The van der Waals surface area contributed by atoms with Crippen LogP contribution in [0.25, 0.3) is 11.4 Å². The zero-order valence-corrected chi connectivity index (χ0v) is 12.0. The van der Waals surface area contributed by atoms with Crippen LogP contribution in [0.2, 0.25) is 0 Å². The minimum Gasteiger partial charge on any atom is -0.307 e. The largest absolute Gasteiger partial charge is 0.307 e. The van der Waals surface area contributed by atoms with Gasteiger partial charge in [0, 0.05) is 34.9 Å². The van der Waals surface area contributed by atoms with Crippen molar-refractivity contribution >= 4 is 15.9 Å². The van der Waals surface area contributed by atoms with E-state index in [0.717, 1.165) is 34.6 Å². The van der Waals surface area contributed by atoms with Gasteiger partial charge in [-0.05, 0) is 37.1 Å². The van der Waals surface area contributed by atoms with E-state index in [-0.39, 0.29) is 0 Å². The Morgan fingerprint density at radius 2 is 1.89 bits per heavy atom. The molecule has 2 heterocycles. The third-order valence-electron chi connectivity index (χ3n) is 3.26. The molecule has 0 fully saturated rings. The fraction of sp³-hybridized carbons (Fsp3) is 0.286. The molecule has 1 aromatic heterocycles. The standard InChI is InChI=1S/C14H14BrN3/c1-8-3-10(4-9(2)13(8)15)14-17-6-11-5-16-7-12(11)18-14/h3-4,6,16H,5,7H2,1-2H3. The third-order valence-corrected chi connectivity index (χ3v) is 4.51. The van der Waals surface area contributed by atoms with E-state index in [0.29, 0.717) is 0 Å². The first kappa shape index (κ1) is 11.8. The summed E-state index contributed by atoms with van der Waals surface area (Å²) in [6.45, 7) is 5.92. The van der Waals surface area contributed by atoms with Crippen molar-refractivity contribution < 1.29 is 0 Å². The highest BCUT2D eigenvalue weighted by atomic mass is 79.9. The second-order valence-corrected chi connectivity index (χ2v) is 5.49. The summed E-state index contributed by atoms with van der Waals surface area (Å²) < 4.78 is 1.16. The van der Waals surface area contributed by atoms with Gasteiger partial charge < -0.3 is 5.32 Å². The number of fused-ring (bicyclic) bond motifs is 1. The monoisotopic (exact) mass is 303 g/mol. The molecule has 3 nitrogen and oxygen atoms in total. The molecule has 0 aliphatic carbocycles. The summed E-state index contributed by atoms with van der Waals surface area (Å²) in [5.74, 6) is 0.816. The summed E-state index contributed by atoms with van der Waals surface area (Å²) in [7, 11) is 0. The summed E-state index contributed by atoms with van der Waals surface area (Å²) in [4.78, 5) is 9.11. The van der Waals surface area contributed by atoms with E-state index in [9.17, 15) is 0 Å². The number of aromatic nitrogens is 2. The average Bonchev–Trinajstić information content (AvgIpc) is 2.82. The highest BCUT2D eigenvalue weighted by molar-refractivity contribution is 9.10. The van der Waals surface area contributed by atoms with Crippen LogP contribution >= 0.6 is 15.9 Å². The molecule has 0 atom stereocenters. The predicted molar refractivity (Wildman–Crippen MR) is 75.2 cm³/mol. The maximum atomic E-state index is 4.65. The van der Waals surface area contributed by atoms with E-state index in [1.54, 1.807) is 0 Å². The molecule has 92 valence electrons. The topological polar surface area (TPSA) is 37.8 Å². The van der Waals surface area contributed by atoms with E-state index >= 15 is 0 Å². The first-order valence-corrected chi connectivity index (χ1v) is 6.77. The van der Waals surface area contributed by atoms with Crippen molar-refractivity contribution in [3.05, 3.63) is 45.2 Å². The fourth-order valence-electron chi connectivity index (χ4n) is 2.27. The van der Waals surface area contributed by atoms with Crippen LogP contribution < -0.4 is 5.32 Å². The van der Waals surface area contributed by atoms with Gasteiger partial charge in [-0.2, -0.15) is 0 Å². The molecule has 1 N–H and O–H groups in total. The van der Waals surface area contributed by atoms with E-state index in [1.807, 2.05) is 6.20 Å². The lowest BCUT2D eigenvalue weighted by molar-refractivity contribution is 0.758. The van der Waals surface area contributed by atoms with Crippen LogP contribution in [0.5, 0.6) is 0 Å². The van der Waals surface area contributed by atoms with E-state index in [1.165, 1.54) is 16.7 Å². The molecule has 0 spiro atoms. The number of halogens is 1. The van der Waals surface area contributed by atoms with Gasteiger partial charge in [-0.1, -0.05) is 15.9 Å². The van der Waals surface area contributed by atoms with Crippen LogP contribution in [0.4, 0.5) is 0 Å². The molecule has 0 amide bonds. The maximum absolute atomic E-state index is 4.65. The Bertz CT molecular complexity index is 599. The molecule has 0 radical (unpaired) electrons. The Hall–Kier alpha value is -1.26. The minimum atomic E-state index is 0.816. The van der Waals surface area contributed by atoms with E-state index in [4.69, 9.17) is 0 Å². The van der Waals surface area contributed by atoms with Gasteiger partial charge in [0.2, 0.25) is 0 Å².